The number of aliphatic hydroxyl groups excluding tert-OH is 1. The number of hydrogen-bond donors (Lipinski definition) is 2. The van der Waals surface area contributed by atoms with E-state index in [2.05, 4.69) is 11.0 Å². The number of rotatable bonds is 7. The van der Waals surface area contributed by atoms with Gasteiger partial charge in [-0.05, 0) is 18.9 Å². The van der Waals surface area contributed by atoms with Gasteiger partial charge < -0.3 is 15.6 Å². The summed E-state index contributed by atoms with van der Waals surface area (Å²) in [7, 11) is 1.69. The van der Waals surface area contributed by atoms with E-state index in [-0.39, 0.29) is 12.6 Å². The van der Waals surface area contributed by atoms with Gasteiger partial charge in [-0.15, -0.1) is 0 Å². The summed E-state index contributed by atoms with van der Waals surface area (Å²) in [5.41, 5.74) is 7.17. The van der Waals surface area contributed by atoms with Crippen molar-refractivity contribution in [1.82, 2.24) is 4.90 Å². The van der Waals surface area contributed by atoms with Crippen LogP contribution < -0.4 is 10.5 Å². The smallest absolute Gasteiger partial charge is 0.123 e. The maximum Gasteiger partial charge on any atom is 0.123 e. The molecule has 1 aliphatic carbocycles. The zero-order valence-corrected chi connectivity index (χ0v) is 12.3. The highest BCUT2D eigenvalue weighted by Gasteiger charge is 2.29. The first-order valence-corrected chi connectivity index (χ1v) is 7.51. The largest absolute Gasteiger partial charge is 0.496 e. The lowest BCUT2D eigenvalue weighted by molar-refractivity contribution is 0.106. The Morgan fingerprint density at radius 3 is 2.65 bits per heavy atom. The average molecular weight is 278 g/mol. The van der Waals surface area contributed by atoms with Crippen LogP contribution in [0.3, 0.4) is 0 Å². The Morgan fingerprint density at radius 1 is 1.35 bits per heavy atom. The average Bonchev–Trinajstić information content (AvgIpc) is 3.01. The molecule has 1 unspecified atom stereocenters. The molecule has 0 saturated heterocycles. The van der Waals surface area contributed by atoms with Crippen LogP contribution in [0.4, 0.5) is 0 Å². The maximum atomic E-state index is 9.40. The molecule has 1 fully saturated rings. The van der Waals surface area contributed by atoms with E-state index in [0.29, 0.717) is 19.1 Å². The minimum absolute atomic E-state index is 0.112. The minimum atomic E-state index is 0.112. The Bertz CT molecular complexity index is 405. The molecule has 112 valence electrons. The Balaban J connectivity index is 2.26. The molecule has 0 aliphatic heterocycles. The van der Waals surface area contributed by atoms with E-state index >= 15 is 0 Å². The number of aliphatic hydroxyl groups is 1. The van der Waals surface area contributed by atoms with Crippen LogP contribution in [0.5, 0.6) is 5.75 Å². The Morgan fingerprint density at radius 2 is 2.05 bits per heavy atom. The highest BCUT2D eigenvalue weighted by molar-refractivity contribution is 5.36. The highest BCUT2D eigenvalue weighted by atomic mass is 16.5. The summed E-state index contributed by atoms with van der Waals surface area (Å²) in [4.78, 5) is 2.37. The molecule has 0 spiro atoms. The summed E-state index contributed by atoms with van der Waals surface area (Å²) in [6.07, 6.45) is 4.95. The Kier molecular flexibility index (Phi) is 5.83. The molecular weight excluding hydrogens is 252 g/mol. The first-order chi connectivity index (χ1) is 9.81. The third-order valence-electron chi connectivity index (χ3n) is 4.27. The van der Waals surface area contributed by atoms with Crippen molar-refractivity contribution < 1.29 is 9.84 Å². The lowest BCUT2D eigenvalue weighted by Crippen LogP contribution is -2.42. The Hall–Kier alpha value is -1.10. The molecule has 4 nitrogen and oxygen atoms in total. The molecule has 1 saturated carbocycles. The molecule has 2 rings (SSSR count). The second-order valence-corrected chi connectivity index (χ2v) is 5.39. The number of hydrogen-bond acceptors (Lipinski definition) is 4. The summed E-state index contributed by atoms with van der Waals surface area (Å²) in [6.45, 7) is 1.38. The number of benzene rings is 1. The van der Waals surface area contributed by atoms with Gasteiger partial charge >= 0.3 is 0 Å². The lowest BCUT2D eigenvalue weighted by Gasteiger charge is -2.36. The second-order valence-electron chi connectivity index (χ2n) is 5.39. The molecule has 20 heavy (non-hydrogen) atoms. The fourth-order valence-electron chi connectivity index (χ4n) is 3.33. The van der Waals surface area contributed by atoms with Gasteiger partial charge in [0.1, 0.15) is 5.75 Å². The SMILES string of the molecule is COc1ccccc1C(CN)N(CCO)C1CCCC1. The van der Waals surface area contributed by atoms with E-state index in [4.69, 9.17) is 10.5 Å². The third kappa shape index (κ3) is 3.32. The van der Waals surface area contributed by atoms with Crippen LogP contribution in [0.2, 0.25) is 0 Å². The monoisotopic (exact) mass is 278 g/mol. The summed E-state index contributed by atoms with van der Waals surface area (Å²) in [5, 5.41) is 9.40. The van der Waals surface area contributed by atoms with E-state index in [1.54, 1.807) is 7.11 Å². The highest BCUT2D eigenvalue weighted by Crippen LogP contribution is 2.34. The standard InChI is InChI=1S/C16H26N2O2/c1-20-16-9-5-4-8-14(16)15(12-17)18(10-11-19)13-6-2-3-7-13/h4-5,8-9,13,15,19H,2-3,6-7,10-12,17H2,1H3. The fourth-order valence-corrected chi connectivity index (χ4v) is 3.33. The van der Waals surface area contributed by atoms with Crippen molar-refractivity contribution >= 4 is 0 Å². The van der Waals surface area contributed by atoms with Crippen LogP contribution in [0.1, 0.15) is 37.3 Å². The topological polar surface area (TPSA) is 58.7 Å². The molecule has 1 aromatic rings. The lowest BCUT2D eigenvalue weighted by atomic mass is 10.0. The van der Waals surface area contributed by atoms with Crippen molar-refractivity contribution in [2.45, 2.75) is 37.8 Å². The Labute approximate surface area is 121 Å². The third-order valence-corrected chi connectivity index (χ3v) is 4.27. The molecule has 1 aromatic carbocycles. The van der Waals surface area contributed by atoms with Gasteiger partial charge in [-0.3, -0.25) is 4.90 Å². The number of ether oxygens (including phenoxy) is 1. The zero-order chi connectivity index (χ0) is 14.4. The number of methoxy groups -OCH3 is 1. The second kappa shape index (κ2) is 7.62. The van der Waals surface area contributed by atoms with E-state index in [1.165, 1.54) is 25.7 Å². The van der Waals surface area contributed by atoms with E-state index in [1.807, 2.05) is 18.2 Å². The van der Waals surface area contributed by atoms with Crippen LogP contribution in [-0.4, -0.2) is 42.9 Å². The molecule has 3 N–H and O–H groups in total. The predicted octanol–water partition coefficient (Wildman–Crippen LogP) is 1.93. The summed E-state index contributed by atoms with van der Waals surface area (Å²) >= 11 is 0. The first kappa shape index (κ1) is 15.3. The van der Waals surface area contributed by atoms with E-state index in [9.17, 15) is 5.11 Å². The maximum absolute atomic E-state index is 9.40. The number of para-hydroxylation sites is 1. The van der Waals surface area contributed by atoms with Crippen molar-refractivity contribution in [1.29, 1.82) is 0 Å². The van der Waals surface area contributed by atoms with E-state index in [0.717, 1.165) is 11.3 Å². The van der Waals surface area contributed by atoms with Crippen molar-refractivity contribution in [2.75, 3.05) is 26.8 Å². The predicted molar refractivity (Wildman–Crippen MR) is 80.8 cm³/mol. The normalized spacial score (nSPS) is 17.6. The van der Waals surface area contributed by atoms with Crippen LogP contribution in [0.15, 0.2) is 24.3 Å². The summed E-state index contributed by atoms with van der Waals surface area (Å²) < 4.78 is 5.47. The molecule has 0 heterocycles. The quantitative estimate of drug-likeness (QED) is 0.800. The van der Waals surface area contributed by atoms with Crippen LogP contribution in [0.25, 0.3) is 0 Å². The fraction of sp³-hybridized carbons (Fsp3) is 0.625. The van der Waals surface area contributed by atoms with Crippen molar-refractivity contribution in [3.63, 3.8) is 0 Å². The van der Waals surface area contributed by atoms with Gasteiger partial charge in [0.2, 0.25) is 0 Å². The molecule has 0 bridgehead atoms. The van der Waals surface area contributed by atoms with Gasteiger partial charge in [0.25, 0.3) is 0 Å². The molecule has 0 aromatic heterocycles. The van der Waals surface area contributed by atoms with Crippen LogP contribution >= 0.6 is 0 Å². The van der Waals surface area contributed by atoms with Gasteiger partial charge in [0, 0.05) is 24.7 Å². The molecule has 0 radical (unpaired) electrons. The summed E-state index contributed by atoms with van der Waals surface area (Å²) in [6, 6.07) is 8.69. The minimum Gasteiger partial charge on any atom is -0.496 e. The molecule has 1 aliphatic rings. The molecule has 0 amide bonds. The first-order valence-electron chi connectivity index (χ1n) is 7.51. The molecule has 1 atom stereocenters. The van der Waals surface area contributed by atoms with Gasteiger partial charge in [-0.25, -0.2) is 0 Å². The van der Waals surface area contributed by atoms with Crippen molar-refractivity contribution in [3.8, 4) is 5.75 Å². The van der Waals surface area contributed by atoms with Gasteiger partial charge in [0.05, 0.1) is 19.8 Å². The summed E-state index contributed by atoms with van der Waals surface area (Å²) in [5.74, 6) is 0.879. The van der Waals surface area contributed by atoms with Gasteiger partial charge in [-0.1, -0.05) is 31.0 Å². The van der Waals surface area contributed by atoms with Crippen molar-refractivity contribution in [2.24, 2.45) is 5.73 Å². The van der Waals surface area contributed by atoms with Crippen molar-refractivity contribution in [3.05, 3.63) is 29.8 Å². The van der Waals surface area contributed by atoms with Crippen LogP contribution in [-0.2, 0) is 0 Å². The van der Waals surface area contributed by atoms with E-state index < -0.39 is 0 Å². The zero-order valence-electron chi connectivity index (χ0n) is 12.3. The molecule has 4 heteroatoms. The number of nitrogens with zero attached hydrogens (tertiary/aromatic N) is 1. The number of nitrogens with two attached hydrogens (primary N) is 1. The van der Waals surface area contributed by atoms with Gasteiger partial charge in [-0.2, -0.15) is 0 Å². The van der Waals surface area contributed by atoms with Crippen LogP contribution in [0, 0.1) is 0 Å². The molecular formula is C16H26N2O2. The van der Waals surface area contributed by atoms with Gasteiger partial charge in [0.15, 0.2) is 0 Å².